The number of hydrogen-bond donors (Lipinski definition) is 1. The van der Waals surface area contributed by atoms with Crippen molar-refractivity contribution in [2.24, 2.45) is 0 Å². The fraction of sp³-hybridized carbons (Fsp3) is 0.321. The van der Waals surface area contributed by atoms with Crippen LogP contribution in [-0.4, -0.2) is 61.2 Å². The van der Waals surface area contributed by atoms with Crippen molar-refractivity contribution in [2.45, 2.75) is 20.0 Å². The molecular weight excluding hydrogens is 412 g/mol. The Kier molecular flexibility index (Phi) is 7.43. The molecule has 3 aromatic carbocycles. The van der Waals surface area contributed by atoms with Crippen molar-refractivity contribution >= 4 is 11.5 Å². The van der Waals surface area contributed by atoms with Gasteiger partial charge in [-0.15, -0.1) is 0 Å². The van der Waals surface area contributed by atoms with Gasteiger partial charge in [0, 0.05) is 49.5 Å². The Morgan fingerprint density at radius 1 is 0.879 bits per heavy atom. The Balaban J connectivity index is 1.21. The summed E-state index contributed by atoms with van der Waals surface area (Å²) in [5, 5.41) is 10.5. The van der Waals surface area contributed by atoms with Crippen LogP contribution in [0.2, 0.25) is 0 Å². The topological polar surface area (TPSA) is 53.0 Å². The summed E-state index contributed by atoms with van der Waals surface area (Å²) in [7, 11) is 0. The molecule has 0 saturated carbocycles. The molecule has 5 heteroatoms. The van der Waals surface area contributed by atoms with Crippen LogP contribution < -0.4 is 9.64 Å². The number of ether oxygens (including phenoxy) is 1. The second-order valence-corrected chi connectivity index (χ2v) is 8.74. The molecule has 3 aromatic rings. The van der Waals surface area contributed by atoms with Gasteiger partial charge in [0.2, 0.25) is 0 Å². The lowest BCUT2D eigenvalue weighted by molar-refractivity contribution is 0.0663. The number of nitrogens with zero attached hydrogens (tertiary/aromatic N) is 2. The number of ketones is 1. The molecule has 1 aliphatic rings. The van der Waals surface area contributed by atoms with Gasteiger partial charge < -0.3 is 14.7 Å². The predicted molar refractivity (Wildman–Crippen MR) is 132 cm³/mol. The Morgan fingerprint density at radius 2 is 1.55 bits per heavy atom. The second-order valence-electron chi connectivity index (χ2n) is 8.74. The van der Waals surface area contributed by atoms with Gasteiger partial charge in [0.15, 0.2) is 5.78 Å². The van der Waals surface area contributed by atoms with E-state index < -0.39 is 6.10 Å². The molecule has 0 amide bonds. The van der Waals surface area contributed by atoms with Gasteiger partial charge in [-0.2, -0.15) is 0 Å². The predicted octanol–water partition coefficient (Wildman–Crippen LogP) is 4.10. The Hall–Kier alpha value is -3.15. The Bertz CT molecular complexity index is 1060. The van der Waals surface area contributed by atoms with E-state index in [-0.39, 0.29) is 12.4 Å². The SMILES string of the molecule is Cc1ccc(N2CCN(C[C@@H](O)COc3ccc(C(=O)c4ccccc4)cc3)CC2)cc1C. The van der Waals surface area contributed by atoms with Gasteiger partial charge in [-0.25, -0.2) is 0 Å². The summed E-state index contributed by atoms with van der Waals surface area (Å²) in [5.74, 6) is 0.639. The molecule has 1 heterocycles. The van der Waals surface area contributed by atoms with Crippen molar-refractivity contribution < 1.29 is 14.6 Å². The van der Waals surface area contributed by atoms with E-state index >= 15 is 0 Å². The van der Waals surface area contributed by atoms with Gasteiger partial charge in [0.05, 0.1) is 0 Å². The number of rotatable bonds is 8. The number of aliphatic hydroxyl groups is 1. The molecule has 1 N–H and O–H groups in total. The van der Waals surface area contributed by atoms with Crippen molar-refractivity contribution in [3.63, 3.8) is 0 Å². The molecule has 0 radical (unpaired) electrons. The fourth-order valence-electron chi connectivity index (χ4n) is 4.11. The van der Waals surface area contributed by atoms with Crippen molar-refractivity contribution in [3.8, 4) is 5.75 Å². The number of hydrogen-bond acceptors (Lipinski definition) is 5. The maximum absolute atomic E-state index is 12.5. The quantitative estimate of drug-likeness (QED) is 0.530. The van der Waals surface area contributed by atoms with E-state index in [9.17, 15) is 9.90 Å². The number of β-amino-alcohol motifs (C(OH)–C–C–N with tert-alkyl or cyclic N) is 1. The highest BCUT2D eigenvalue weighted by atomic mass is 16.5. The summed E-state index contributed by atoms with van der Waals surface area (Å²) in [5.41, 5.74) is 5.20. The van der Waals surface area contributed by atoms with Crippen LogP contribution >= 0.6 is 0 Å². The van der Waals surface area contributed by atoms with Crippen LogP contribution in [0.25, 0.3) is 0 Å². The maximum atomic E-state index is 12.5. The lowest BCUT2D eigenvalue weighted by Gasteiger charge is -2.37. The van der Waals surface area contributed by atoms with Crippen molar-refractivity contribution in [3.05, 3.63) is 95.1 Å². The Labute approximate surface area is 196 Å². The van der Waals surface area contributed by atoms with Gasteiger partial charge in [-0.3, -0.25) is 9.69 Å². The monoisotopic (exact) mass is 444 g/mol. The zero-order chi connectivity index (χ0) is 23.2. The molecule has 1 fully saturated rings. The number of anilines is 1. The third-order valence-electron chi connectivity index (χ3n) is 6.29. The number of aliphatic hydroxyl groups excluding tert-OH is 1. The third-order valence-corrected chi connectivity index (χ3v) is 6.29. The molecule has 172 valence electrons. The van der Waals surface area contributed by atoms with E-state index in [4.69, 9.17) is 4.74 Å². The summed E-state index contributed by atoms with van der Waals surface area (Å²) in [4.78, 5) is 17.2. The molecule has 4 rings (SSSR count). The molecule has 0 unspecified atom stereocenters. The number of aryl methyl sites for hydroxylation is 2. The first kappa shape index (κ1) is 23.0. The molecule has 0 spiro atoms. The van der Waals surface area contributed by atoms with Crippen LogP contribution in [-0.2, 0) is 0 Å². The van der Waals surface area contributed by atoms with Gasteiger partial charge in [-0.1, -0.05) is 36.4 Å². The van der Waals surface area contributed by atoms with Crippen LogP contribution in [0.4, 0.5) is 5.69 Å². The van der Waals surface area contributed by atoms with Crippen LogP contribution in [0.1, 0.15) is 27.0 Å². The van der Waals surface area contributed by atoms with Crippen molar-refractivity contribution in [1.29, 1.82) is 0 Å². The normalized spacial score (nSPS) is 15.3. The molecule has 33 heavy (non-hydrogen) atoms. The molecule has 0 bridgehead atoms. The summed E-state index contributed by atoms with van der Waals surface area (Å²) in [6, 6.07) is 23.0. The molecule has 1 aliphatic heterocycles. The van der Waals surface area contributed by atoms with Gasteiger partial charge in [-0.05, 0) is 61.4 Å². The largest absolute Gasteiger partial charge is 0.491 e. The highest BCUT2D eigenvalue weighted by Gasteiger charge is 2.20. The summed E-state index contributed by atoms with van der Waals surface area (Å²) < 4.78 is 5.77. The second kappa shape index (κ2) is 10.6. The molecule has 0 aromatic heterocycles. The van der Waals surface area contributed by atoms with E-state index in [1.807, 2.05) is 30.3 Å². The fourth-order valence-corrected chi connectivity index (χ4v) is 4.11. The van der Waals surface area contributed by atoms with E-state index in [1.54, 1.807) is 24.3 Å². The molecule has 5 nitrogen and oxygen atoms in total. The van der Waals surface area contributed by atoms with Gasteiger partial charge in [0.1, 0.15) is 18.5 Å². The third kappa shape index (κ3) is 6.01. The first-order valence-corrected chi connectivity index (χ1v) is 11.5. The Morgan fingerprint density at radius 3 is 2.21 bits per heavy atom. The summed E-state index contributed by atoms with van der Waals surface area (Å²) in [6.45, 7) is 8.84. The maximum Gasteiger partial charge on any atom is 0.193 e. The lowest BCUT2D eigenvalue weighted by atomic mass is 10.0. The zero-order valence-electron chi connectivity index (χ0n) is 19.4. The first-order valence-electron chi connectivity index (χ1n) is 11.5. The lowest BCUT2D eigenvalue weighted by Crippen LogP contribution is -2.49. The van der Waals surface area contributed by atoms with Crippen LogP contribution in [0.3, 0.4) is 0 Å². The van der Waals surface area contributed by atoms with E-state index in [2.05, 4.69) is 41.8 Å². The minimum absolute atomic E-state index is 0.0119. The highest BCUT2D eigenvalue weighted by Crippen LogP contribution is 2.20. The van der Waals surface area contributed by atoms with Crippen LogP contribution in [0, 0.1) is 13.8 Å². The summed E-state index contributed by atoms with van der Waals surface area (Å²) in [6.07, 6.45) is -0.566. The number of carbonyl (C=O) groups excluding carboxylic acids is 1. The minimum atomic E-state index is -0.566. The van der Waals surface area contributed by atoms with Gasteiger partial charge in [0.25, 0.3) is 0 Å². The van der Waals surface area contributed by atoms with Crippen molar-refractivity contribution in [1.82, 2.24) is 4.90 Å². The van der Waals surface area contributed by atoms with Crippen LogP contribution in [0.15, 0.2) is 72.8 Å². The molecular formula is C28H32N2O3. The highest BCUT2D eigenvalue weighted by molar-refractivity contribution is 6.08. The molecule has 0 aliphatic carbocycles. The van der Waals surface area contributed by atoms with E-state index in [0.29, 0.717) is 23.4 Å². The summed E-state index contributed by atoms with van der Waals surface area (Å²) >= 11 is 0. The zero-order valence-corrected chi connectivity index (χ0v) is 19.4. The van der Waals surface area contributed by atoms with Crippen molar-refractivity contribution in [2.75, 3.05) is 44.2 Å². The average Bonchev–Trinajstić information content (AvgIpc) is 2.85. The molecule has 1 saturated heterocycles. The van der Waals surface area contributed by atoms with E-state index in [0.717, 1.165) is 26.2 Å². The average molecular weight is 445 g/mol. The number of benzene rings is 3. The standard InChI is InChI=1S/C28H32N2O3/c1-21-8-11-25(18-22(21)2)30-16-14-29(15-17-30)19-26(31)20-33-27-12-9-24(10-13-27)28(32)23-6-4-3-5-7-23/h3-13,18,26,31H,14-17,19-20H2,1-2H3/t26-/m1/s1. The number of piperazine rings is 1. The van der Waals surface area contributed by atoms with Gasteiger partial charge >= 0.3 is 0 Å². The number of carbonyl (C=O) groups is 1. The van der Waals surface area contributed by atoms with E-state index in [1.165, 1.54) is 16.8 Å². The first-order chi connectivity index (χ1) is 16.0. The van der Waals surface area contributed by atoms with Crippen LogP contribution in [0.5, 0.6) is 5.75 Å². The minimum Gasteiger partial charge on any atom is -0.491 e. The smallest absolute Gasteiger partial charge is 0.193 e. The molecule has 1 atom stereocenters.